The molecule has 2 heterocycles. The topological polar surface area (TPSA) is 55.6 Å². The highest BCUT2D eigenvalue weighted by Crippen LogP contribution is 2.20. The Hall–Kier alpha value is -2.14. The number of aromatic nitrogens is 4. The second-order valence-corrected chi connectivity index (χ2v) is 5.13. The highest BCUT2D eigenvalue weighted by molar-refractivity contribution is 6.28. The second kappa shape index (κ2) is 6.10. The van der Waals surface area contributed by atoms with Gasteiger partial charge in [-0.2, -0.15) is 9.97 Å². The van der Waals surface area contributed by atoms with Crippen LogP contribution >= 0.6 is 11.6 Å². The lowest BCUT2D eigenvalue weighted by atomic mass is 10.1. The summed E-state index contributed by atoms with van der Waals surface area (Å²) < 4.78 is 2.02. The molecule has 0 spiro atoms. The van der Waals surface area contributed by atoms with Crippen LogP contribution in [0, 0.1) is 0 Å². The fraction of sp³-hybridized carbons (Fsp3) is 0.267. The van der Waals surface area contributed by atoms with Crippen LogP contribution in [0.25, 0.3) is 11.2 Å². The van der Waals surface area contributed by atoms with E-state index in [0.29, 0.717) is 5.82 Å². The maximum absolute atomic E-state index is 5.96. The number of nitrogens with one attached hydrogen (secondary N) is 1. The van der Waals surface area contributed by atoms with Crippen LogP contribution in [0.15, 0.2) is 36.7 Å². The van der Waals surface area contributed by atoms with E-state index < -0.39 is 0 Å². The lowest BCUT2D eigenvalue weighted by molar-refractivity contribution is 0.652. The van der Waals surface area contributed by atoms with Crippen LogP contribution in [-0.4, -0.2) is 26.6 Å². The van der Waals surface area contributed by atoms with E-state index in [4.69, 9.17) is 11.6 Å². The molecular formula is C15H16ClN5. The smallest absolute Gasteiger partial charge is 0.226 e. The monoisotopic (exact) mass is 301 g/mol. The molecule has 2 aromatic heterocycles. The number of rotatable bonds is 5. The maximum Gasteiger partial charge on any atom is 0.226 e. The van der Waals surface area contributed by atoms with Gasteiger partial charge in [0, 0.05) is 13.6 Å². The van der Waals surface area contributed by atoms with E-state index in [1.165, 1.54) is 5.56 Å². The predicted molar refractivity (Wildman–Crippen MR) is 84.6 cm³/mol. The van der Waals surface area contributed by atoms with Gasteiger partial charge in [-0.05, 0) is 30.0 Å². The first kappa shape index (κ1) is 13.8. The van der Waals surface area contributed by atoms with Crippen molar-refractivity contribution in [1.29, 1.82) is 0 Å². The van der Waals surface area contributed by atoms with Gasteiger partial charge in [0.1, 0.15) is 0 Å². The van der Waals surface area contributed by atoms with Crippen LogP contribution in [0.2, 0.25) is 5.28 Å². The van der Waals surface area contributed by atoms with E-state index in [0.717, 1.165) is 30.6 Å². The molecule has 0 saturated heterocycles. The normalized spacial score (nSPS) is 11.0. The number of nitrogens with zero attached hydrogens (tertiary/aromatic N) is 4. The van der Waals surface area contributed by atoms with Crippen molar-refractivity contribution in [2.45, 2.75) is 19.4 Å². The molecule has 21 heavy (non-hydrogen) atoms. The fourth-order valence-corrected chi connectivity index (χ4v) is 2.52. The van der Waals surface area contributed by atoms with Gasteiger partial charge >= 0.3 is 0 Å². The van der Waals surface area contributed by atoms with E-state index in [1.807, 2.05) is 10.6 Å². The highest BCUT2D eigenvalue weighted by Gasteiger charge is 2.11. The third-order valence-corrected chi connectivity index (χ3v) is 3.55. The first-order valence-electron chi connectivity index (χ1n) is 6.88. The molecule has 5 nitrogen and oxygen atoms in total. The molecule has 0 aliphatic heterocycles. The van der Waals surface area contributed by atoms with E-state index in [9.17, 15) is 0 Å². The van der Waals surface area contributed by atoms with Crippen molar-refractivity contribution in [2.75, 3.05) is 12.4 Å². The van der Waals surface area contributed by atoms with Crippen molar-refractivity contribution in [3.8, 4) is 0 Å². The molecule has 0 unspecified atom stereocenters. The van der Waals surface area contributed by atoms with Crippen molar-refractivity contribution in [1.82, 2.24) is 19.5 Å². The summed E-state index contributed by atoms with van der Waals surface area (Å²) in [6, 6.07) is 10.4. The lowest BCUT2D eigenvalue weighted by Crippen LogP contribution is -2.01. The van der Waals surface area contributed by atoms with Crippen LogP contribution in [0.3, 0.4) is 0 Å². The molecule has 0 amide bonds. The zero-order valence-corrected chi connectivity index (χ0v) is 12.5. The summed E-state index contributed by atoms with van der Waals surface area (Å²) in [4.78, 5) is 12.8. The number of fused-ring (bicyclic) bond motifs is 1. The van der Waals surface area contributed by atoms with Crippen LogP contribution < -0.4 is 5.32 Å². The third-order valence-electron chi connectivity index (χ3n) is 3.38. The summed E-state index contributed by atoms with van der Waals surface area (Å²) in [6.45, 7) is 0.849. The Morgan fingerprint density at radius 2 is 2.00 bits per heavy atom. The average Bonchev–Trinajstić information content (AvgIpc) is 2.90. The third kappa shape index (κ3) is 2.97. The molecule has 1 aromatic carbocycles. The maximum atomic E-state index is 5.96. The van der Waals surface area contributed by atoms with Gasteiger partial charge in [0.15, 0.2) is 17.0 Å². The molecule has 1 N–H and O–H groups in total. The number of aryl methyl sites for hydroxylation is 2. The van der Waals surface area contributed by atoms with Crippen LogP contribution in [0.4, 0.5) is 5.82 Å². The van der Waals surface area contributed by atoms with Gasteiger partial charge in [-0.25, -0.2) is 4.98 Å². The van der Waals surface area contributed by atoms with Gasteiger partial charge in [0.25, 0.3) is 0 Å². The molecule has 0 saturated carbocycles. The summed E-state index contributed by atoms with van der Waals surface area (Å²) in [5.41, 5.74) is 2.86. The molecule has 0 radical (unpaired) electrons. The summed E-state index contributed by atoms with van der Waals surface area (Å²) in [5.74, 6) is 0.659. The highest BCUT2D eigenvalue weighted by atomic mass is 35.5. The number of hydrogen-bond acceptors (Lipinski definition) is 4. The number of benzene rings is 1. The van der Waals surface area contributed by atoms with Crippen LogP contribution in [-0.2, 0) is 13.0 Å². The van der Waals surface area contributed by atoms with Crippen molar-refractivity contribution in [3.63, 3.8) is 0 Å². The Kier molecular flexibility index (Phi) is 4.01. The predicted octanol–water partition coefficient (Wildman–Crippen LogP) is 3.15. The number of halogens is 1. The van der Waals surface area contributed by atoms with Gasteiger partial charge in [0.05, 0.1) is 6.33 Å². The molecule has 0 atom stereocenters. The molecule has 0 aliphatic rings. The van der Waals surface area contributed by atoms with Crippen LogP contribution in [0.1, 0.15) is 12.0 Å². The fourth-order valence-electron chi connectivity index (χ4n) is 2.35. The van der Waals surface area contributed by atoms with Gasteiger partial charge in [-0.15, -0.1) is 0 Å². The largest absolute Gasteiger partial charge is 0.371 e. The quantitative estimate of drug-likeness (QED) is 0.736. The first-order chi connectivity index (χ1) is 10.3. The standard InChI is InChI=1S/C15H16ClN5/c1-17-13-12-14(20-15(16)19-13)21(10-18-12)9-5-8-11-6-3-2-4-7-11/h2-4,6-7,10H,5,8-9H2,1H3,(H,17,19,20). The zero-order valence-electron chi connectivity index (χ0n) is 11.8. The Morgan fingerprint density at radius 3 is 2.76 bits per heavy atom. The van der Waals surface area contributed by atoms with E-state index in [1.54, 1.807) is 13.4 Å². The van der Waals surface area contributed by atoms with Gasteiger partial charge < -0.3 is 9.88 Å². The summed E-state index contributed by atoms with van der Waals surface area (Å²) in [6.07, 6.45) is 3.84. The Labute approximate surface area is 128 Å². The van der Waals surface area contributed by atoms with Gasteiger partial charge in [-0.1, -0.05) is 30.3 Å². The van der Waals surface area contributed by atoms with E-state index >= 15 is 0 Å². The summed E-state index contributed by atoms with van der Waals surface area (Å²) in [5, 5.41) is 3.23. The molecule has 108 valence electrons. The van der Waals surface area contributed by atoms with Crippen molar-refractivity contribution in [3.05, 3.63) is 47.5 Å². The average molecular weight is 302 g/mol. The minimum Gasteiger partial charge on any atom is -0.371 e. The molecule has 3 rings (SSSR count). The van der Waals surface area contributed by atoms with Crippen molar-refractivity contribution in [2.24, 2.45) is 0 Å². The molecule has 0 fully saturated rings. The van der Waals surface area contributed by atoms with Crippen molar-refractivity contribution >= 4 is 28.6 Å². The number of imidazole rings is 1. The first-order valence-corrected chi connectivity index (χ1v) is 7.26. The molecule has 6 heteroatoms. The molecular weight excluding hydrogens is 286 g/mol. The minimum absolute atomic E-state index is 0.233. The summed E-state index contributed by atoms with van der Waals surface area (Å²) in [7, 11) is 1.80. The second-order valence-electron chi connectivity index (χ2n) is 4.79. The number of hydrogen-bond donors (Lipinski definition) is 1. The Bertz CT molecular complexity index is 738. The molecule has 0 bridgehead atoms. The summed E-state index contributed by atoms with van der Waals surface area (Å²) >= 11 is 5.96. The van der Waals surface area contributed by atoms with Crippen molar-refractivity contribution < 1.29 is 0 Å². The van der Waals surface area contributed by atoms with E-state index in [2.05, 4.69) is 44.5 Å². The van der Waals surface area contributed by atoms with E-state index in [-0.39, 0.29) is 5.28 Å². The zero-order chi connectivity index (χ0) is 14.7. The van der Waals surface area contributed by atoms with Crippen LogP contribution in [0.5, 0.6) is 0 Å². The Morgan fingerprint density at radius 1 is 1.19 bits per heavy atom. The number of anilines is 1. The van der Waals surface area contributed by atoms with Gasteiger partial charge in [-0.3, -0.25) is 0 Å². The van der Waals surface area contributed by atoms with Gasteiger partial charge in [0.2, 0.25) is 5.28 Å². The molecule has 0 aliphatic carbocycles. The minimum atomic E-state index is 0.233. The SMILES string of the molecule is CNc1nc(Cl)nc2c1ncn2CCCc1ccccc1. The Balaban J connectivity index is 1.77. The lowest BCUT2D eigenvalue weighted by Gasteiger charge is -2.05. The molecule has 3 aromatic rings.